The second-order valence-electron chi connectivity index (χ2n) is 8.87. The maximum atomic E-state index is 12.6. The minimum Gasteiger partial charge on any atom is -0.483 e. The van der Waals surface area contributed by atoms with E-state index in [1.165, 1.54) is 23.4 Å². The maximum Gasteiger partial charge on any atom is 0.422 e. The Hall–Kier alpha value is -2.57. The summed E-state index contributed by atoms with van der Waals surface area (Å²) in [6.07, 6.45) is -2.35. The molecule has 0 radical (unpaired) electrons. The number of hydrogen-bond donors (Lipinski definition) is 1. The minimum atomic E-state index is -4.40. The van der Waals surface area contributed by atoms with Gasteiger partial charge < -0.3 is 10.1 Å². The summed E-state index contributed by atoms with van der Waals surface area (Å²) in [6.45, 7) is 6.94. The molecule has 162 valence electrons. The van der Waals surface area contributed by atoms with Crippen molar-refractivity contribution >= 4 is 5.91 Å². The Balaban J connectivity index is 1.53. The molecule has 0 bridgehead atoms. The summed E-state index contributed by atoms with van der Waals surface area (Å²) in [7, 11) is 0. The van der Waals surface area contributed by atoms with E-state index in [2.05, 4.69) is 60.1 Å². The van der Waals surface area contributed by atoms with Gasteiger partial charge in [0.15, 0.2) is 6.61 Å². The van der Waals surface area contributed by atoms with Gasteiger partial charge in [-0.1, -0.05) is 45.0 Å². The lowest BCUT2D eigenvalue weighted by Gasteiger charge is -2.19. The molecule has 7 heteroatoms. The zero-order valence-electron chi connectivity index (χ0n) is 17.6. The molecule has 1 amide bonds. The van der Waals surface area contributed by atoms with E-state index in [1.54, 1.807) is 13.0 Å². The average Bonchev–Trinajstić information content (AvgIpc) is 3.46. The van der Waals surface area contributed by atoms with E-state index >= 15 is 0 Å². The monoisotopic (exact) mass is 420 g/mol. The standard InChI is InChI=1S/C23H27F3N2O2/c1-14(20-10-9-17(12-27-20)30-13-23(24,25)26)28-21(29)19-11-18(19)15-5-7-16(8-6-15)22(2,3)4/h5-10,12,14,18-19H,11,13H2,1-4H3,(H,28,29)/t14-,18+,19-/m1/s1. The topological polar surface area (TPSA) is 51.2 Å². The molecular formula is C23H27F3N2O2. The maximum absolute atomic E-state index is 12.6. The first-order valence-corrected chi connectivity index (χ1v) is 10.0. The summed E-state index contributed by atoms with van der Waals surface area (Å²) < 4.78 is 41.3. The first-order valence-electron chi connectivity index (χ1n) is 10.0. The number of carbonyl (C=O) groups excluding carboxylic acids is 1. The van der Waals surface area contributed by atoms with Crippen molar-refractivity contribution in [3.05, 3.63) is 59.4 Å². The predicted molar refractivity (Wildman–Crippen MR) is 108 cm³/mol. The van der Waals surface area contributed by atoms with Crippen LogP contribution < -0.4 is 10.1 Å². The number of hydrogen-bond acceptors (Lipinski definition) is 3. The summed E-state index contributed by atoms with van der Waals surface area (Å²) in [5.74, 6) is 0.154. The van der Waals surface area contributed by atoms with E-state index in [0.717, 1.165) is 6.42 Å². The molecule has 0 spiro atoms. The highest BCUT2D eigenvalue weighted by Crippen LogP contribution is 2.48. The zero-order chi connectivity index (χ0) is 22.1. The van der Waals surface area contributed by atoms with Crippen LogP contribution in [0.2, 0.25) is 0 Å². The number of pyridine rings is 1. The highest BCUT2D eigenvalue weighted by Gasteiger charge is 2.44. The fraction of sp³-hybridized carbons (Fsp3) is 0.478. The normalized spacial score (nSPS) is 19.8. The van der Waals surface area contributed by atoms with Crippen LogP contribution in [-0.4, -0.2) is 23.7 Å². The van der Waals surface area contributed by atoms with Gasteiger partial charge in [0, 0.05) is 5.92 Å². The van der Waals surface area contributed by atoms with Gasteiger partial charge in [-0.3, -0.25) is 9.78 Å². The molecule has 1 aromatic heterocycles. The third-order valence-corrected chi connectivity index (χ3v) is 5.30. The summed E-state index contributed by atoms with van der Waals surface area (Å²) in [5, 5.41) is 2.95. The fourth-order valence-corrected chi connectivity index (χ4v) is 3.38. The van der Waals surface area contributed by atoms with E-state index in [-0.39, 0.29) is 34.9 Å². The van der Waals surface area contributed by atoms with Crippen molar-refractivity contribution in [1.29, 1.82) is 0 Å². The Bertz CT molecular complexity index is 871. The Morgan fingerprint density at radius 2 is 1.83 bits per heavy atom. The molecule has 1 aliphatic carbocycles. The molecule has 2 aromatic rings. The van der Waals surface area contributed by atoms with Crippen LogP contribution in [0.25, 0.3) is 0 Å². The molecule has 0 aliphatic heterocycles. The summed E-state index contributed by atoms with van der Waals surface area (Å²) in [4.78, 5) is 16.7. The fourth-order valence-electron chi connectivity index (χ4n) is 3.38. The van der Waals surface area contributed by atoms with E-state index < -0.39 is 12.8 Å². The van der Waals surface area contributed by atoms with E-state index in [4.69, 9.17) is 0 Å². The number of rotatable bonds is 6. The van der Waals surface area contributed by atoms with Crippen molar-refractivity contribution in [1.82, 2.24) is 10.3 Å². The van der Waals surface area contributed by atoms with Gasteiger partial charge in [-0.05, 0) is 47.9 Å². The van der Waals surface area contributed by atoms with Gasteiger partial charge in [-0.2, -0.15) is 13.2 Å². The molecular weight excluding hydrogens is 393 g/mol. The van der Waals surface area contributed by atoms with Crippen molar-refractivity contribution in [3.63, 3.8) is 0 Å². The van der Waals surface area contributed by atoms with Crippen molar-refractivity contribution < 1.29 is 22.7 Å². The number of aromatic nitrogens is 1. The van der Waals surface area contributed by atoms with Crippen LogP contribution in [0.4, 0.5) is 13.2 Å². The molecule has 1 aromatic carbocycles. The van der Waals surface area contributed by atoms with Crippen LogP contribution in [-0.2, 0) is 10.2 Å². The number of nitrogens with one attached hydrogen (secondary N) is 1. The highest BCUT2D eigenvalue weighted by atomic mass is 19.4. The van der Waals surface area contributed by atoms with Crippen molar-refractivity contribution in [3.8, 4) is 5.75 Å². The number of alkyl halides is 3. The third-order valence-electron chi connectivity index (χ3n) is 5.30. The Morgan fingerprint density at radius 1 is 1.17 bits per heavy atom. The van der Waals surface area contributed by atoms with Crippen molar-refractivity contribution in [2.24, 2.45) is 5.92 Å². The first kappa shape index (κ1) is 22.1. The Kier molecular flexibility index (Phi) is 6.11. The van der Waals surface area contributed by atoms with Crippen LogP contribution in [0.5, 0.6) is 5.75 Å². The zero-order valence-corrected chi connectivity index (χ0v) is 17.6. The molecule has 4 nitrogen and oxygen atoms in total. The third kappa shape index (κ3) is 5.74. The molecule has 1 saturated carbocycles. The van der Waals surface area contributed by atoms with E-state index in [1.807, 2.05) is 0 Å². The molecule has 1 N–H and O–H groups in total. The highest BCUT2D eigenvalue weighted by molar-refractivity contribution is 5.83. The lowest BCUT2D eigenvalue weighted by Crippen LogP contribution is -2.29. The largest absolute Gasteiger partial charge is 0.483 e. The molecule has 1 aliphatic rings. The first-order chi connectivity index (χ1) is 13.9. The Morgan fingerprint density at radius 3 is 2.37 bits per heavy atom. The number of nitrogens with zero attached hydrogens (tertiary/aromatic N) is 1. The van der Waals surface area contributed by atoms with Gasteiger partial charge in [0.05, 0.1) is 17.9 Å². The van der Waals surface area contributed by atoms with Crippen LogP contribution in [0.1, 0.15) is 62.9 Å². The summed E-state index contributed by atoms with van der Waals surface area (Å²) in [5.41, 5.74) is 3.08. The second-order valence-corrected chi connectivity index (χ2v) is 8.87. The minimum absolute atomic E-state index is 0.0356. The van der Waals surface area contributed by atoms with Gasteiger partial charge in [0.25, 0.3) is 0 Å². The molecule has 3 atom stereocenters. The van der Waals surface area contributed by atoms with E-state index in [9.17, 15) is 18.0 Å². The van der Waals surface area contributed by atoms with Crippen LogP contribution in [0.3, 0.4) is 0 Å². The summed E-state index contributed by atoms with van der Waals surface area (Å²) in [6, 6.07) is 11.1. The van der Waals surface area contributed by atoms with Gasteiger partial charge in [0.2, 0.25) is 5.91 Å². The Labute approximate surface area is 174 Å². The predicted octanol–water partition coefficient (Wildman–Crippen LogP) is 5.30. The lowest BCUT2D eigenvalue weighted by atomic mass is 9.86. The molecule has 1 fully saturated rings. The summed E-state index contributed by atoms with van der Waals surface area (Å²) >= 11 is 0. The van der Waals surface area contributed by atoms with Crippen LogP contribution in [0, 0.1) is 5.92 Å². The van der Waals surface area contributed by atoms with Gasteiger partial charge in [0.1, 0.15) is 5.75 Å². The smallest absolute Gasteiger partial charge is 0.422 e. The van der Waals surface area contributed by atoms with E-state index in [0.29, 0.717) is 5.69 Å². The number of carbonyl (C=O) groups is 1. The number of amides is 1. The average molecular weight is 420 g/mol. The number of halogens is 3. The van der Waals surface area contributed by atoms with Gasteiger partial charge >= 0.3 is 6.18 Å². The van der Waals surface area contributed by atoms with Gasteiger partial charge in [-0.15, -0.1) is 0 Å². The molecule has 30 heavy (non-hydrogen) atoms. The molecule has 0 unspecified atom stereocenters. The quantitative estimate of drug-likeness (QED) is 0.690. The van der Waals surface area contributed by atoms with Gasteiger partial charge in [-0.25, -0.2) is 0 Å². The number of ether oxygens (including phenoxy) is 1. The van der Waals surface area contributed by atoms with Crippen LogP contribution >= 0.6 is 0 Å². The number of benzene rings is 1. The molecule has 3 rings (SSSR count). The van der Waals surface area contributed by atoms with Crippen molar-refractivity contribution in [2.75, 3.05) is 6.61 Å². The molecule has 0 saturated heterocycles. The lowest BCUT2D eigenvalue weighted by molar-refractivity contribution is -0.153. The van der Waals surface area contributed by atoms with Crippen LogP contribution in [0.15, 0.2) is 42.6 Å². The molecule has 1 heterocycles. The van der Waals surface area contributed by atoms with Crippen molar-refractivity contribution in [2.45, 2.75) is 57.7 Å². The second kappa shape index (κ2) is 8.28. The SMILES string of the molecule is C[C@@H](NC(=O)[C@@H]1C[C@H]1c1ccc(C(C)(C)C)cc1)c1ccc(OCC(F)(F)F)cn1.